The molecule has 1 N–H and O–H groups in total. The Balaban J connectivity index is 1.88. The topological polar surface area (TPSA) is 115 Å². The fourth-order valence-corrected chi connectivity index (χ4v) is 2.43. The highest BCUT2D eigenvalue weighted by molar-refractivity contribution is 6.05. The van der Waals surface area contributed by atoms with Crippen LogP contribution in [0.15, 0.2) is 36.4 Å². The number of carbonyl (C=O) groups is 2. The number of amides is 2. The van der Waals surface area contributed by atoms with E-state index in [1.807, 2.05) is 0 Å². The van der Waals surface area contributed by atoms with Gasteiger partial charge < -0.3 is 20.2 Å². The van der Waals surface area contributed by atoms with Crippen molar-refractivity contribution < 1.29 is 23.6 Å². The van der Waals surface area contributed by atoms with Crippen LogP contribution >= 0.6 is 0 Å². The van der Waals surface area contributed by atoms with Crippen molar-refractivity contribution in [3.63, 3.8) is 0 Å². The maximum atomic E-state index is 13.6. The summed E-state index contributed by atoms with van der Waals surface area (Å²) in [4.78, 5) is 39.6. The molecule has 2 amide bonds. The molecule has 1 unspecified atom stereocenters. The second-order valence-electron chi connectivity index (χ2n) is 5.46. The molecule has 0 saturated carbocycles. The molecule has 0 aliphatic carbocycles. The third-order valence-corrected chi connectivity index (χ3v) is 3.63. The molecular formula is C16H13FN4O5. The Hall–Kier alpha value is -3.56. The Kier molecular flexibility index (Phi) is 4.48. The lowest BCUT2D eigenvalue weighted by molar-refractivity contribution is -0.389. The molecule has 10 heteroatoms. The molecule has 134 valence electrons. The van der Waals surface area contributed by atoms with Crippen molar-refractivity contribution in [1.29, 1.82) is 0 Å². The third-order valence-electron chi connectivity index (χ3n) is 3.63. The van der Waals surface area contributed by atoms with Gasteiger partial charge in [0.1, 0.15) is 12.4 Å². The van der Waals surface area contributed by atoms with Gasteiger partial charge in [0, 0.05) is 6.07 Å². The molecule has 1 aliphatic rings. The summed E-state index contributed by atoms with van der Waals surface area (Å²) in [7, 11) is 0. The van der Waals surface area contributed by atoms with Crippen LogP contribution in [0.2, 0.25) is 0 Å². The average molecular weight is 360 g/mol. The van der Waals surface area contributed by atoms with E-state index in [-0.39, 0.29) is 17.3 Å². The number of nitro groups is 1. The van der Waals surface area contributed by atoms with Crippen LogP contribution in [-0.2, 0) is 9.59 Å². The highest BCUT2D eigenvalue weighted by Gasteiger charge is 2.37. The summed E-state index contributed by atoms with van der Waals surface area (Å²) in [5.74, 6) is -2.38. The van der Waals surface area contributed by atoms with Crippen molar-refractivity contribution >= 4 is 29.1 Å². The molecule has 0 fully saturated rings. The minimum atomic E-state index is -0.896. The molecule has 0 radical (unpaired) electrons. The number of aromatic nitrogens is 1. The van der Waals surface area contributed by atoms with Crippen LogP contribution in [-0.4, -0.2) is 34.4 Å². The maximum Gasteiger partial charge on any atom is 0.366 e. The van der Waals surface area contributed by atoms with Gasteiger partial charge in [0.15, 0.2) is 11.9 Å². The zero-order valence-corrected chi connectivity index (χ0v) is 13.5. The molecule has 0 saturated heterocycles. The number of ether oxygens (including phenoxy) is 1. The summed E-state index contributed by atoms with van der Waals surface area (Å²) < 4.78 is 19.0. The van der Waals surface area contributed by atoms with Crippen LogP contribution in [0.5, 0.6) is 5.75 Å². The maximum absolute atomic E-state index is 13.6. The van der Waals surface area contributed by atoms with Gasteiger partial charge >= 0.3 is 5.82 Å². The zero-order valence-electron chi connectivity index (χ0n) is 13.5. The number of hydrogen-bond acceptors (Lipinski definition) is 6. The average Bonchev–Trinajstić information content (AvgIpc) is 2.60. The molecule has 1 aliphatic heterocycles. The van der Waals surface area contributed by atoms with E-state index >= 15 is 0 Å². The van der Waals surface area contributed by atoms with Gasteiger partial charge in [0.2, 0.25) is 5.91 Å². The fourth-order valence-electron chi connectivity index (χ4n) is 2.43. The fraction of sp³-hybridized carbons (Fsp3) is 0.188. The number of nitrogens with one attached hydrogen (secondary N) is 1. The predicted octanol–water partition coefficient (Wildman–Crippen LogP) is 1.88. The molecule has 9 nitrogen and oxygen atoms in total. The summed E-state index contributed by atoms with van der Waals surface area (Å²) in [5.41, 5.74) is -0.0431. The summed E-state index contributed by atoms with van der Waals surface area (Å²) in [5, 5.41) is 13.3. The first-order valence-electron chi connectivity index (χ1n) is 7.54. The van der Waals surface area contributed by atoms with Gasteiger partial charge in [-0.25, -0.2) is 4.39 Å². The second kappa shape index (κ2) is 6.75. The Morgan fingerprint density at radius 3 is 2.81 bits per heavy atom. The largest absolute Gasteiger partial charge is 0.475 e. The van der Waals surface area contributed by atoms with Crippen LogP contribution in [0.25, 0.3) is 0 Å². The minimum absolute atomic E-state index is 0.0431. The normalized spacial score (nSPS) is 15.8. The van der Waals surface area contributed by atoms with E-state index in [1.54, 1.807) is 6.07 Å². The predicted molar refractivity (Wildman–Crippen MR) is 88.4 cm³/mol. The van der Waals surface area contributed by atoms with Gasteiger partial charge in [-0.2, -0.15) is 0 Å². The van der Waals surface area contributed by atoms with Crippen LogP contribution in [0, 0.1) is 15.9 Å². The van der Waals surface area contributed by atoms with Crippen molar-refractivity contribution in [2.24, 2.45) is 0 Å². The number of para-hydroxylation sites is 1. The first-order chi connectivity index (χ1) is 12.4. The van der Waals surface area contributed by atoms with E-state index in [1.165, 1.54) is 31.2 Å². The number of fused-ring (bicyclic) bond motifs is 1. The molecule has 0 bridgehead atoms. The lowest BCUT2D eigenvalue weighted by atomic mass is 10.2. The standard InChI is InChI=1S/C16H13FN4O5/c1-9-16(23)20(8-14(22)18-11-5-3-2-4-10(11)17)15-12(26-9)6-7-13(19-15)21(24)25/h2-7,9H,8H2,1H3,(H,18,22). The number of anilines is 2. The summed E-state index contributed by atoms with van der Waals surface area (Å²) in [6.07, 6.45) is -0.896. The van der Waals surface area contributed by atoms with E-state index in [4.69, 9.17) is 4.74 Å². The van der Waals surface area contributed by atoms with Crippen LogP contribution in [0.3, 0.4) is 0 Å². The van der Waals surface area contributed by atoms with Crippen LogP contribution in [0.1, 0.15) is 6.92 Å². The lowest BCUT2D eigenvalue weighted by Crippen LogP contribution is -2.48. The molecule has 1 aromatic carbocycles. The van der Waals surface area contributed by atoms with E-state index in [0.717, 1.165) is 11.0 Å². The lowest BCUT2D eigenvalue weighted by Gasteiger charge is -2.28. The molecule has 26 heavy (non-hydrogen) atoms. The number of nitrogens with zero attached hydrogens (tertiary/aromatic N) is 3. The molecular weight excluding hydrogens is 347 g/mol. The van der Waals surface area contributed by atoms with E-state index in [2.05, 4.69) is 10.3 Å². The Bertz CT molecular complexity index is 904. The van der Waals surface area contributed by atoms with Crippen LogP contribution in [0.4, 0.5) is 21.7 Å². The number of halogens is 1. The number of pyridine rings is 1. The Morgan fingerprint density at radius 1 is 1.38 bits per heavy atom. The SMILES string of the molecule is CC1Oc2ccc([N+](=O)[O-])nc2N(CC(=O)Nc2ccccc2F)C1=O. The van der Waals surface area contributed by atoms with Crippen LogP contribution < -0.4 is 15.0 Å². The molecule has 2 aromatic rings. The number of benzene rings is 1. The zero-order chi connectivity index (χ0) is 18.8. The van der Waals surface area contributed by atoms with E-state index in [9.17, 15) is 24.1 Å². The number of rotatable bonds is 4. The Morgan fingerprint density at radius 2 is 2.12 bits per heavy atom. The Labute approximate surface area is 146 Å². The number of carbonyl (C=O) groups excluding carboxylic acids is 2. The van der Waals surface area contributed by atoms with Crippen molar-refractivity contribution in [1.82, 2.24) is 4.98 Å². The number of hydrogen-bond donors (Lipinski definition) is 1. The van der Waals surface area contributed by atoms with Crippen molar-refractivity contribution in [2.75, 3.05) is 16.8 Å². The van der Waals surface area contributed by atoms with Gasteiger partial charge in [-0.3, -0.25) is 14.5 Å². The minimum Gasteiger partial charge on any atom is -0.475 e. The van der Waals surface area contributed by atoms with Gasteiger partial charge in [0.05, 0.1) is 5.69 Å². The summed E-state index contributed by atoms with van der Waals surface area (Å²) in [6, 6.07) is 8.01. The molecule has 3 rings (SSSR count). The molecule has 1 aromatic heterocycles. The van der Waals surface area contributed by atoms with Crippen molar-refractivity contribution in [3.8, 4) is 5.75 Å². The highest BCUT2D eigenvalue weighted by Crippen LogP contribution is 2.33. The van der Waals surface area contributed by atoms with Crippen molar-refractivity contribution in [2.45, 2.75) is 13.0 Å². The van der Waals surface area contributed by atoms with Gasteiger partial charge in [-0.15, -0.1) is 0 Å². The smallest absolute Gasteiger partial charge is 0.366 e. The second-order valence-corrected chi connectivity index (χ2v) is 5.46. The van der Waals surface area contributed by atoms with E-state index < -0.39 is 41.0 Å². The molecule has 1 atom stereocenters. The first kappa shape index (κ1) is 17.3. The third kappa shape index (κ3) is 3.29. The van der Waals surface area contributed by atoms with E-state index in [0.29, 0.717) is 0 Å². The molecule has 0 spiro atoms. The van der Waals surface area contributed by atoms with Gasteiger partial charge in [-0.1, -0.05) is 12.1 Å². The quantitative estimate of drug-likeness (QED) is 0.658. The first-order valence-corrected chi connectivity index (χ1v) is 7.54. The summed E-state index contributed by atoms with van der Waals surface area (Å²) in [6.45, 7) is 0.983. The van der Waals surface area contributed by atoms with Gasteiger partial charge in [-0.05, 0) is 35.0 Å². The summed E-state index contributed by atoms with van der Waals surface area (Å²) >= 11 is 0. The molecule has 2 heterocycles. The van der Waals surface area contributed by atoms with Crippen molar-refractivity contribution in [3.05, 3.63) is 52.3 Å². The monoisotopic (exact) mass is 360 g/mol. The highest BCUT2D eigenvalue weighted by atomic mass is 19.1. The van der Waals surface area contributed by atoms with Gasteiger partial charge in [0.25, 0.3) is 11.7 Å².